The second-order valence-corrected chi connectivity index (χ2v) is 75.5. The van der Waals surface area contributed by atoms with Crippen LogP contribution in [0.3, 0.4) is 0 Å². The SMILES string of the molecule is CSC1=C(SC)SC(=C2SC(SC)=C(SCc3c(CSC4=C(SC)SC(=C5SC(SC)=C(SC)S5)S4)c(CSC4=C(SC)SC(=C5SC(SC)=C(SC)S5)S4)c(CSC4=C(SC)SC(=C5SC(SC)=C(SC)S5)S4)c(CSC4=C(SC)SC(=C5SC(SC)=C(SC)S5)S4)c3CSC3=C(SC)SC(=C4SC(SC)=C(SC)S4)S3)S2)S1. The van der Waals surface area contributed by atoms with Gasteiger partial charge in [-0.25, -0.2) is 0 Å². The van der Waals surface area contributed by atoms with E-state index < -0.39 is 0 Å². The molecule has 1 aromatic carbocycles. The van der Waals surface area contributed by atoms with E-state index in [1.807, 2.05) is 423 Å². The first-order chi connectivity index (χ1) is 55.6. The van der Waals surface area contributed by atoms with Crippen molar-refractivity contribution in [2.24, 2.45) is 0 Å². The van der Waals surface area contributed by atoms with Crippen molar-refractivity contribution in [3.05, 3.63) is 186 Å². The van der Waals surface area contributed by atoms with Gasteiger partial charge in [0.05, 0.1) is 153 Å². The Labute approximate surface area is 881 Å². The number of hydrogen-bond acceptors (Lipinski definition) is 48. The fourth-order valence-electron chi connectivity index (χ4n) is 10.0. The van der Waals surface area contributed by atoms with Gasteiger partial charge in [0.25, 0.3) is 0 Å². The lowest BCUT2D eigenvalue weighted by atomic mass is 9.90. The summed E-state index contributed by atoms with van der Waals surface area (Å²) in [7, 11) is 0. The van der Waals surface area contributed by atoms with Gasteiger partial charge < -0.3 is 0 Å². The van der Waals surface area contributed by atoms with Crippen molar-refractivity contribution >= 4 is 565 Å². The van der Waals surface area contributed by atoms with Gasteiger partial charge in [-0.05, 0) is 146 Å². The van der Waals surface area contributed by atoms with E-state index in [0.717, 1.165) is 34.5 Å². The van der Waals surface area contributed by atoms with E-state index in [9.17, 15) is 0 Å². The Morgan fingerprint density at radius 2 is 0.184 bits per heavy atom. The van der Waals surface area contributed by atoms with Crippen molar-refractivity contribution in [2.45, 2.75) is 34.5 Å². The number of hydrogen-bond donors (Lipinski definition) is 0. The van der Waals surface area contributed by atoms with Crippen LogP contribution >= 0.6 is 565 Å². The van der Waals surface area contributed by atoms with Crippen LogP contribution in [0.4, 0.5) is 0 Å². The van der Waals surface area contributed by atoms with Crippen LogP contribution in [0.25, 0.3) is 0 Å². The monoisotopic (exact) mass is 2390 g/mol. The van der Waals surface area contributed by atoms with Crippen LogP contribution in [0.2, 0.25) is 0 Å². The smallest absolute Gasteiger partial charge is 0.0717 e. The molecule has 0 spiro atoms. The predicted octanol–water partition coefficient (Wildman–Crippen LogP) is 41.7. The molecule has 1 aromatic rings. The molecule has 618 valence electrons. The molecule has 0 fully saturated rings. The summed E-state index contributed by atoms with van der Waals surface area (Å²) >= 11 is 95.7. The summed E-state index contributed by atoms with van der Waals surface area (Å²) in [6.07, 6.45) is 40.9. The van der Waals surface area contributed by atoms with E-state index in [2.05, 4.69) is 254 Å². The normalized spacial score (nSPS) is 21.0. The Bertz CT molecular complexity index is 3740. The highest BCUT2D eigenvalue weighted by molar-refractivity contribution is 8.51. The van der Waals surface area contributed by atoms with Crippen molar-refractivity contribution in [1.29, 1.82) is 0 Å². The minimum absolute atomic E-state index is 0.881. The predicted molar refractivity (Wildman–Crippen MR) is 646 cm³/mol. The van der Waals surface area contributed by atoms with Crippen LogP contribution in [0.5, 0.6) is 0 Å². The lowest BCUT2D eigenvalue weighted by molar-refractivity contribution is 1.08. The Kier molecular flexibility index (Phi) is 46.6. The zero-order valence-corrected chi connectivity index (χ0v) is 102. The molecule has 0 saturated heterocycles. The molecule has 114 heavy (non-hydrogen) atoms. The van der Waals surface area contributed by atoms with Gasteiger partial charge in [0, 0.05) is 34.5 Å². The maximum Gasteiger partial charge on any atom is 0.0717 e. The minimum Gasteiger partial charge on any atom is -0.121 e. The summed E-state index contributed by atoms with van der Waals surface area (Å²) in [5.41, 5.74) is 9.36. The molecule has 0 atom stereocenters. The summed E-state index contributed by atoms with van der Waals surface area (Å²) in [5.74, 6) is 5.28. The van der Waals surface area contributed by atoms with Gasteiger partial charge >= 0.3 is 0 Å². The quantitative estimate of drug-likeness (QED) is 0.0625. The zero-order chi connectivity index (χ0) is 80.4. The van der Waals surface area contributed by atoms with Gasteiger partial charge in [0.15, 0.2) is 0 Å². The molecule has 12 heterocycles. The van der Waals surface area contributed by atoms with Crippen LogP contribution in [-0.4, -0.2) is 113 Å². The minimum atomic E-state index is 0.881. The lowest BCUT2D eigenvalue weighted by Gasteiger charge is -2.28. The first-order valence-corrected chi connectivity index (χ1v) is 79.5. The van der Waals surface area contributed by atoms with Crippen molar-refractivity contribution in [1.82, 2.24) is 0 Å². The second kappa shape index (κ2) is 51.7. The van der Waals surface area contributed by atoms with Crippen LogP contribution < -0.4 is 0 Å². The molecule has 0 nitrogen and oxygen atoms in total. The maximum absolute atomic E-state index is 2.32. The molecule has 0 N–H and O–H groups in total. The largest absolute Gasteiger partial charge is 0.121 e. The molecule has 12 aliphatic heterocycles. The highest BCUT2D eigenvalue weighted by atomic mass is 32.3. The van der Waals surface area contributed by atoms with Crippen LogP contribution in [-0.2, 0) is 34.5 Å². The van der Waals surface area contributed by atoms with Crippen molar-refractivity contribution in [3.63, 3.8) is 0 Å². The molecule has 0 radical (unpaired) electrons. The third-order valence-corrected chi connectivity index (χ3v) is 81.9. The summed E-state index contributed by atoms with van der Waals surface area (Å²) in [5, 5.41) is 0. The highest BCUT2D eigenvalue weighted by Gasteiger charge is 2.40. The summed E-state index contributed by atoms with van der Waals surface area (Å²) in [6, 6.07) is 0. The van der Waals surface area contributed by atoms with Gasteiger partial charge in [0.1, 0.15) is 0 Å². The zero-order valence-electron chi connectivity index (χ0n) is 62.8. The first kappa shape index (κ1) is 103. The van der Waals surface area contributed by atoms with Crippen LogP contribution in [0, 0.1) is 0 Å². The van der Waals surface area contributed by atoms with Crippen LogP contribution in [0.1, 0.15) is 33.4 Å². The molecule has 0 aromatic heterocycles. The van der Waals surface area contributed by atoms with Gasteiger partial charge in [-0.3, -0.25) is 0 Å². The molecule has 13 rings (SSSR count). The molecular formula is C66H66S48. The van der Waals surface area contributed by atoms with Gasteiger partial charge in [-0.15, -0.1) is 282 Å². The van der Waals surface area contributed by atoms with E-state index in [1.165, 1.54) is 153 Å². The summed E-state index contributed by atoms with van der Waals surface area (Å²) in [4.78, 5) is 0. The van der Waals surface area contributed by atoms with Crippen LogP contribution in [0.15, 0.2) is 153 Å². The molecule has 12 aliphatic rings. The van der Waals surface area contributed by atoms with Gasteiger partial charge in [0.2, 0.25) is 0 Å². The number of benzene rings is 1. The average Bonchev–Trinajstić information content (AvgIpc) is 1.22. The molecule has 48 heteroatoms. The molecule has 0 amide bonds. The first-order valence-electron chi connectivity index (χ1n) is 31.9. The summed E-state index contributed by atoms with van der Waals surface area (Å²) in [6.45, 7) is 0. The van der Waals surface area contributed by atoms with Crippen molar-refractivity contribution < 1.29 is 0 Å². The second-order valence-electron chi connectivity index (χ2n) is 21.1. The molecule has 0 bridgehead atoms. The van der Waals surface area contributed by atoms with Crippen molar-refractivity contribution in [3.8, 4) is 0 Å². The maximum atomic E-state index is 2.32. The van der Waals surface area contributed by atoms with Gasteiger partial charge in [-0.1, -0.05) is 282 Å². The Hall–Kier alpha value is 11.3. The Morgan fingerprint density at radius 3 is 0.263 bits per heavy atom. The van der Waals surface area contributed by atoms with E-state index in [-0.39, 0.29) is 0 Å². The standard InChI is InChI=1S/C66H66S48/c1-67-31-32(68-2)92-55(91-31)61-103-43(79-13)49(109-61)85-19-25-26(20-86-50-44(80-14)104-62(110-50)56-93-33(69-3)34(70-4)94-56)28(22-88-52-46(82-16)106-64(112-52)58-97-37(73-7)38(74-8)98-58)30(24-90-54-48(84-18)108-66(114-54)60-101-41(77-11)42(78-12)102-60)29(23-89-53-47(83-17)107-65(113-53)59-99-39(75-9)40(76-10)100-59)27(25)21-87-51-45(81-15)105-63(111-51)57-95-35(71-5)36(72-6)96-57/h19-24H2,1-18H3. The molecule has 0 saturated carbocycles. The molecular weight excluding hydrogens is 2330 g/mol. The topological polar surface area (TPSA) is 0 Å². The molecule has 0 aliphatic carbocycles. The summed E-state index contributed by atoms with van der Waals surface area (Å²) < 4.78 is 51.8. The Morgan fingerprint density at radius 1 is 0.114 bits per heavy atom. The highest BCUT2D eigenvalue weighted by Crippen LogP contribution is 2.74. The molecule has 0 unspecified atom stereocenters. The van der Waals surface area contributed by atoms with Gasteiger partial charge in [-0.2, -0.15) is 0 Å². The third kappa shape index (κ3) is 25.4. The van der Waals surface area contributed by atoms with E-state index >= 15 is 0 Å². The fourth-order valence-corrected chi connectivity index (χ4v) is 74.9. The van der Waals surface area contributed by atoms with E-state index in [1.54, 1.807) is 33.4 Å². The van der Waals surface area contributed by atoms with Crippen molar-refractivity contribution in [2.75, 3.05) is 113 Å². The van der Waals surface area contributed by atoms with E-state index in [4.69, 9.17) is 0 Å². The Balaban J connectivity index is 1.01. The lowest BCUT2D eigenvalue weighted by Crippen LogP contribution is -2.12. The number of rotatable bonds is 36. The average molecular weight is 2400 g/mol. The van der Waals surface area contributed by atoms with E-state index in [0.29, 0.717) is 0 Å². The fraction of sp³-hybridized carbons (Fsp3) is 0.364. The number of thioether (sulfide) groups is 48. The third-order valence-electron chi connectivity index (χ3n) is 15.1.